The first-order chi connectivity index (χ1) is 24.2. The van der Waals surface area contributed by atoms with Crippen LogP contribution in [0.15, 0.2) is 34.7 Å². The molecule has 0 bridgehead atoms. The number of fused-ring (bicyclic) bond motifs is 1. The van der Waals surface area contributed by atoms with E-state index in [0.29, 0.717) is 48.4 Å². The Morgan fingerprint density at radius 2 is 1.00 bits per heavy atom. The monoisotopic (exact) mass is 680 g/mol. The zero-order valence-electron chi connectivity index (χ0n) is 31.5. The summed E-state index contributed by atoms with van der Waals surface area (Å²) < 4.78 is 24.6. The number of rotatable bonds is 31. The fourth-order valence-corrected chi connectivity index (χ4v) is 6.34. The third-order valence-corrected chi connectivity index (χ3v) is 9.45. The molecule has 0 unspecified atom stereocenters. The third kappa shape index (κ3) is 16.1. The maximum atomic E-state index is 11.5. The summed E-state index contributed by atoms with van der Waals surface area (Å²) in [7, 11) is 0. The number of benzene rings is 2. The Hall–Kier alpha value is -2.89. The summed E-state index contributed by atoms with van der Waals surface area (Å²) in [5.74, 6) is 2.12. The van der Waals surface area contributed by atoms with Crippen molar-refractivity contribution < 1.29 is 23.7 Å². The van der Waals surface area contributed by atoms with Crippen molar-refractivity contribution in [2.45, 2.75) is 175 Å². The molecule has 0 atom stereocenters. The molecule has 0 amide bonds. The Morgan fingerprint density at radius 1 is 0.531 bits per heavy atom. The third-order valence-electron chi connectivity index (χ3n) is 9.45. The first-order valence-electron chi connectivity index (χ1n) is 20.3. The highest BCUT2D eigenvalue weighted by atomic mass is 16.5. The predicted molar refractivity (Wildman–Crippen MR) is 205 cm³/mol. The van der Waals surface area contributed by atoms with Gasteiger partial charge in [0.15, 0.2) is 17.1 Å². The number of aromatic nitrogens is 1. The van der Waals surface area contributed by atoms with Gasteiger partial charge in [0.1, 0.15) is 11.3 Å². The number of ether oxygens (including phenoxy) is 3. The molecular weight excluding hydrogens is 610 g/mol. The number of hydrogen-bond acceptors (Lipinski definition) is 6. The van der Waals surface area contributed by atoms with E-state index in [-0.39, 0.29) is 5.75 Å². The van der Waals surface area contributed by atoms with Gasteiger partial charge in [0.2, 0.25) is 11.6 Å². The van der Waals surface area contributed by atoms with E-state index in [1.165, 1.54) is 122 Å². The summed E-state index contributed by atoms with van der Waals surface area (Å²) in [5, 5.41) is 11.5. The average molecular weight is 680 g/mol. The molecule has 6 nitrogen and oxygen atoms in total. The van der Waals surface area contributed by atoms with Crippen LogP contribution >= 0.6 is 0 Å². The minimum absolute atomic E-state index is 0.0192. The first-order valence-corrected chi connectivity index (χ1v) is 20.3. The summed E-state index contributed by atoms with van der Waals surface area (Å²) in [6.07, 6.45) is 29.9. The summed E-state index contributed by atoms with van der Waals surface area (Å²) in [6, 6.07) is 9.47. The van der Waals surface area contributed by atoms with Crippen LogP contribution in [-0.2, 0) is 0 Å². The lowest BCUT2D eigenvalue weighted by molar-refractivity contribution is 0.249. The van der Waals surface area contributed by atoms with E-state index >= 15 is 0 Å². The van der Waals surface area contributed by atoms with Crippen molar-refractivity contribution in [3.8, 4) is 34.5 Å². The van der Waals surface area contributed by atoms with Crippen molar-refractivity contribution in [2.75, 3.05) is 19.8 Å². The lowest BCUT2D eigenvalue weighted by Gasteiger charge is -2.16. The second kappa shape index (κ2) is 26.0. The van der Waals surface area contributed by atoms with Crippen molar-refractivity contribution in [3.63, 3.8) is 0 Å². The fourth-order valence-electron chi connectivity index (χ4n) is 6.34. The smallest absolute Gasteiger partial charge is 0.231 e. The normalized spacial score (nSPS) is 11.4. The topological polar surface area (TPSA) is 74.0 Å². The summed E-state index contributed by atoms with van der Waals surface area (Å²) in [4.78, 5) is 4.70. The van der Waals surface area contributed by atoms with E-state index in [0.717, 1.165) is 43.4 Å². The van der Waals surface area contributed by atoms with Crippen molar-refractivity contribution in [2.24, 2.45) is 0 Å². The molecule has 0 fully saturated rings. The highest BCUT2D eigenvalue weighted by Crippen LogP contribution is 2.44. The van der Waals surface area contributed by atoms with Gasteiger partial charge in [-0.3, -0.25) is 0 Å². The highest BCUT2D eigenvalue weighted by Gasteiger charge is 2.21. The number of aromatic hydroxyl groups is 1. The van der Waals surface area contributed by atoms with E-state index < -0.39 is 0 Å². The minimum atomic E-state index is 0.0192. The number of unbranched alkanes of at least 4 members (excludes halogenated alkanes) is 21. The zero-order valence-corrected chi connectivity index (χ0v) is 31.5. The van der Waals surface area contributed by atoms with Gasteiger partial charge in [-0.05, 0) is 43.5 Å². The fraction of sp³-hybridized carbons (Fsp3) is 0.698. The van der Waals surface area contributed by atoms with Gasteiger partial charge < -0.3 is 23.7 Å². The van der Waals surface area contributed by atoms with Crippen LogP contribution in [0, 0.1) is 0 Å². The van der Waals surface area contributed by atoms with Crippen LogP contribution in [0.1, 0.15) is 175 Å². The molecule has 1 N–H and O–H groups in total. The van der Waals surface area contributed by atoms with Crippen molar-refractivity contribution in [3.05, 3.63) is 30.3 Å². The second-order valence-corrected chi connectivity index (χ2v) is 13.9. The highest BCUT2D eigenvalue weighted by molar-refractivity contribution is 5.80. The van der Waals surface area contributed by atoms with Crippen LogP contribution in [0.5, 0.6) is 23.0 Å². The van der Waals surface area contributed by atoms with E-state index in [4.69, 9.17) is 23.6 Å². The lowest BCUT2D eigenvalue weighted by Crippen LogP contribution is -2.03. The van der Waals surface area contributed by atoms with Crippen molar-refractivity contribution >= 4 is 11.1 Å². The lowest BCUT2D eigenvalue weighted by atomic mass is 10.1. The molecule has 3 rings (SSSR count). The maximum Gasteiger partial charge on any atom is 0.231 e. The summed E-state index contributed by atoms with van der Waals surface area (Å²) in [5.41, 5.74) is 1.87. The van der Waals surface area contributed by atoms with Gasteiger partial charge in [0.05, 0.1) is 25.4 Å². The van der Waals surface area contributed by atoms with E-state index in [1.54, 1.807) is 0 Å². The Labute approximate surface area is 298 Å². The Kier molecular flexibility index (Phi) is 21.5. The molecule has 0 aliphatic rings. The van der Waals surface area contributed by atoms with Crippen LogP contribution in [0.4, 0.5) is 0 Å². The van der Waals surface area contributed by atoms with Gasteiger partial charge in [-0.2, -0.15) is 0 Å². The quantitative estimate of drug-likeness (QED) is 0.0682. The molecule has 2 aromatic carbocycles. The standard InChI is InChI=1S/C43H69NO5/c1-4-7-10-13-16-19-22-25-32-46-36-28-30-38-40(35-36)49-43(44-38)37-29-31-39(47-33-26-23-20-17-14-11-8-5-2)42(41(37)45)48-34-27-24-21-18-15-12-9-6-3/h28-31,35,45H,4-27,32-34H2,1-3H3. The van der Waals surface area contributed by atoms with Crippen molar-refractivity contribution in [1.29, 1.82) is 0 Å². The molecule has 0 aliphatic heterocycles. The molecule has 3 aromatic rings. The maximum absolute atomic E-state index is 11.5. The summed E-state index contributed by atoms with van der Waals surface area (Å²) in [6.45, 7) is 8.60. The van der Waals surface area contributed by atoms with Crippen LogP contribution < -0.4 is 14.2 Å². The van der Waals surface area contributed by atoms with Gasteiger partial charge in [0.25, 0.3) is 0 Å². The summed E-state index contributed by atoms with van der Waals surface area (Å²) >= 11 is 0. The molecule has 0 radical (unpaired) electrons. The number of hydrogen-bond donors (Lipinski definition) is 1. The molecule has 0 aliphatic carbocycles. The Bertz CT molecular complexity index is 1250. The average Bonchev–Trinajstić information content (AvgIpc) is 3.53. The molecule has 49 heavy (non-hydrogen) atoms. The van der Waals surface area contributed by atoms with Crippen LogP contribution in [0.3, 0.4) is 0 Å². The second-order valence-electron chi connectivity index (χ2n) is 13.9. The van der Waals surface area contributed by atoms with Crippen LogP contribution in [-0.4, -0.2) is 29.9 Å². The SMILES string of the molecule is CCCCCCCCCCOc1ccc2nc(-c3ccc(OCCCCCCCCCC)c(OCCCCCCCCCC)c3O)oc2c1. The van der Waals surface area contributed by atoms with E-state index in [1.807, 2.05) is 30.3 Å². The van der Waals surface area contributed by atoms with E-state index in [9.17, 15) is 5.11 Å². The molecule has 0 saturated heterocycles. The van der Waals surface area contributed by atoms with Gasteiger partial charge in [-0.15, -0.1) is 0 Å². The molecule has 0 spiro atoms. The molecule has 1 heterocycles. The van der Waals surface area contributed by atoms with Gasteiger partial charge in [-0.1, -0.05) is 156 Å². The van der Waals surface area contributed by atoms with E-state index in [2.05, 4.69) is 20.8 Å². The molecular formula is C43H69NO5. The van der Waals surface area contributed by atoms with Gasteiger partial charge in [-0.25, -0.2) is 4.98 Å². The molecule has 0 saturated carbocycles. The number of nitrogens with zero attached hydrogens (tertiary/aromatic N) is 1. The molecule has 276 valence electrons. The Morgan fingerprint density at radius 3 is 1.53 bits per heavy atom. The van der Waals surface area contributed by atoms with Crippen LogP contribution in [0.2, 0.25) is 0 Å². The predicted octanol–water partition coefficient (Wildman–Crippen LogP) is 13.8. The van der Waals surface area contributed by atoms with Crippen LogP contribution in [0.25, 0.3) is 22.6 Å². The first kappa shape index (κ1) is 40.5. The largest absolute Gasteiger partial charge is 0.504 e. The minimum Gasteiger partial charge on any atom is -0.504 e. The number of phenolic OH excluding ortho intramolecular Hbond substituents is 1. The van der Waals surface area contributed by atoms with Crippen molar-refractivity contribution in [1.82, 2.24) is 4.98 Å². The zero-order chi connectivity index (χ0) is 34.8. The van der Waals surface area contributed by atoms with Gasteiger partial charge in [0, 0.05) is 6.07 Å². The Balaban J connectivity index is 1.57. The number of phenols is 1. The number of oxazole rings is 1. The van der Waals surface area contributed by atoms with Gasteiger partial charge >= 0.3 is 0 Å². The molecule has 1 aromatic heterocycles. The molecule has 6 heteroatoms.